The van der Waals surface area contributed by atoms with Crippen LogP contribution in [0.3, 0.4) is 0 Å². The maximum atomic E-state index is 13.0. The predicted molar refractivity (Wildman–Crippen MR) is 123 cm³/mol. The maximum absolute atomic E-state index is 13.0. The van der Waals surface area contributed by atoms with E-state index in [0.717, 1.165) is 0 Å². The highest BCUT2D eigenvalue weighted by atomic mass is 32.2. The van der Waals surface area contributed by atoms with Crippen LogP contribution in [0.25, 0.3) is 0 Å². The summed E-state index contributed by atoms with van der Waals surface area (Å²) in [5, 5.41) is 15.0. The molecule has 3 aromatic rings. The maximum Gasteiger partial charge on any atom is 0.251 e. The molecule has 2 amide bonds. The molecule has 7 nitrogen and oxygen atoms in total. The van der Waals surface area contributed by atoms with E-state index >= 15 is 0 Å². The first kappa shape index (κ1) is 23.5. The monoisotopic (exact) mass is 455 g/mol. The number of amides is 2. The van der Waals surface area contributed by atoms with Crippen LogP contribution in [0.5, 0.6) is 0 Å². The molecule has 2 aromatic carbocycles. The molecule has 1 unspecified atom stereocenters. The quantitative estimate of drug-likeness (QED) is 0.470. The number of hydrogen-bond donors (Lipinski definition) is 2. The second-order valence-electron chi connectivity index (χ2n) is 7.49. The van der Waals surface area contributed by atoms with Crippen LogP contribution < -0.4 is 10.6 Å². The number of anilines is 1. The smallest absolute Gasteiger partial charge is 0.251 e. The first-order valence-electron chi connectivity index (χ1n) is 10.4. The highest BCUT2D eigenvalue weighted by Crippen LogP contribution is 2.25. The van der Waals surface area contributed by atoms with Gasteiger partial charge >= 0.3 is 0 Å². The summed E-state index contributed by atoms with van der Waals surface area (Å²) in [6, 6.07) is 14.3. The van der Waals surface area contributed by atoms with Gasteiger partial charge in [-0.3, -0.25) is 9.59 Å². The van der Waals surface area contributed by atoms with Crippen molar-refractivity contribution in [2.45, 2.75) is 38.5 Å². The fraction of sp³-hybridized carbons (Fsp3) is 0.304. The summed E-state index contributed by atoms with van der Waals surface area (Å²) < 4.78 is 14.9. The number of nitrogens with one attached hydrogen (secondary N) is 2. The van der Waals surface area contributed by atoms with Crippen molar-refractivity contribution in [3.05, 3.63) is 71.8 Å². The average Bonchev–Trinajstić information content (AvgIpc) is 3.20. The number of thioether (sulfide) groups is 1. The van der Waals surface area contributed by atoms with E-state index in [9.17, 15) is 14.0 Å². The minimum Gasteiger partial charge on any atom is -0.342 e. The minimum absolute atomic E-state index is 0.0804. The van der Waals surface area contributed by atoms with Gasteiger partial charge in [-0.2, -0.15) is 0 Å². The lowest BCUT2D eigenvalue weighted by atomic mass is 10.0. The van der Waals surface area contributed by atoms with Crippen LogP contribution in [0.2, 0.25) is 0 Å². The highest BCUT2D eigenvalue weighted by molar-refractivity contribution is 7.99. The van der Waals surface area contributed by atoms with Gasteiger partial charge in [-0.05, 0) is 49.2 Å². The molecule has 9 heteroatoms. The molecule has 2 N–H and O–H groups in total. The molecule has 0 saturated heterocycles. The molecule has 1 aromatic heterocycles. The number of carbonyl (C=O) groups excluding carboxylic acids is 2. The standard InChI is InChI=1S/C23H26FN5O2S/c1-4-29-21(20(15(2)3)26-22(31)16-8-6-5-7-9-16)27-28-23(29)32-14-19(30)25-18-12-10-17(24)11-13-18/h5-13,15,20H,4,14H2,1-3H3,(H,25,30)(H,26,31). The van der Waals surface area contributed by atoms with Crippen LogP contribution in [0, 0.1) is 11.7 Å². The second-order valence-corrected chi connectivity index (χ2v) is 8.43. The van der Waals surface area contributed by atoms with E-state index in [1.165, 1.54) is 36.0 Å². The Hall–Kier alpha value is -3.20. The zero-order valence-electron chi connectivity index (χ0n) is 18.2. The molecule has 0 bridgehead atoms. The third-order valence-electron chi connectivity index (χ3n) is 4.79. The number of aromatic nitrogens is 3. The lowest BCUT2D eigenvalue weighted by Gasteiger charge is -2.22. The number of hydrogen-bond acceptors (Lipinski definition) is 5. The summed E-state index contributed by atoms with van der Waals surface area (Å²) in [5.74, 6) is 0.0811. The number of halogens is 1. The first-order valence-corrected chi connectivity index (χ1v) is 11.3. The minimum atomic E-state index is -0.361. The van der Waals surface area contributed by atoms with Crippen molar-refractivity contribution in [2.75, 3.05) is 11.1 Å². The fourth-order valence-corrected chi connectivity index (χ4v) is 3.95. The molecule has 32 heavy (non-hydrogen) atoms. The predicted octanol–water partition coefficient (Wildman–Crippen LogP) is 4.30. The van der Waals surface area contributed by atoms with Crippen molar-refractivity contribution in [1.29, 1.82) is 0 Å². The molecule has 0 aliphatic heterocycles. The largest absolute Gasteiger partial charge is 0.342 e. The van der Waals surface area contributed by atoms with Gasteiger partial charge in [0.25, 0.3) is 5.91 Å². The van der Waals surface area contributed by atoms with Crippen LogP contribution in [0.1, 0.15) is 43.0 Å². The summed E-state index contributed by atoms with van der Waals surface area (Å²) in [6.45, 7) is 6.57. The van der Waals surface area contributed by atoms with Gasteiger partial charge in [-0.25, -0.2) is 4.39 Å². The lowest BCUT2D eigenvalue weighted by molar-refractivity contribution is -0.113. The topological polar surface area (TPSA) is 88.9 Å². The summed E-state index contributed by atoms with van der Waals surface area (Å²) in [4.78, 5) is 25.0. The number of nitrogens with zero attached hydrogens (tertiary/aromatic N) is 3. The molecule has 0 radical (unpaired) electrons. The Labute approximate surface area is 190 Å². The molecule has 1 atom stereocenters. The van der Waals surface area contributed by atoms with Gasteiger partial charge in [0.2, 0.25) is 5.91 Å². The van der Waals surface area contributed by atoms with Gasteiger partial charge in [0.05, 0.1) is 11.8 Å². The fourth-order valence-electron chi connectivity index (χ4n) is 3.14. The molecule has 168 valence electrons. The Morgan fingerprint density at radius 1 is 1.06 bits per heavy atom. The molecule has 3 rings (SSSR count). The van der Waals surface area contributed by atoms with Gasteiger partial charge in [0.1, 0.15) is 5.82 Å². The van der Waals surface area contributed by atoms with E-state index in [0.29, 0.717) is 28.8 Å². The zero-order chi connectivity index (χ0) is 23.1. The third-order valence-corrected chi connectivity index (χ3v) is 5.76. The van der Waals surface area contributed by atoms with Gasteiger partial charge in [0.15, 0.2) is 11.0 Å². The van der Waals surface area contributed by atoms with Crippen LogP contribution in [-0.4, -0.2) is 32.3 Å². The Bertz CT molecular complexity index is 1050. The van der Waals surface area contributed by atoms with E-state index < -0.39 is 0 Å². The van der Waals surface area contributed by atoms with Crippen molar-refractivity contribution < 1.29 is 14.0 Å². The van der Waals surface area contributed by atoms with E-state index in [4.69, 9.17) is 0 Å². The van der Waals surface area contributed by atoms with Gasteiger partial charge in [0, 0.05) is 17.8 Å². The van der Waals surface area contributed by atoms with Crippen molar-refractivity contribution in [3.8, 4) is 0 Å². The molecular formula is C23H26FN5O2S. The Kier molecular flexibility index (Phi) is 7.99. The average molecular weight is 456 g/mol. The molecule has 0 spiro atoms. The molecule has 0 aliphatic carbocycles. The second kappa shape index (κ2) is 10.9. The number of benzene rings is 2. The highest BCUT2D eigenvalue weighted by Gasteiger charge is 2.26. The van der Waals surface area contributed by atoms with Crippen molar-refractivity contribution >= 4 is 29.3 Å². The molecular weight excluding hydrogens is 429 g/mol. The Balaban J connectivity index is 1.69. The normalized spacial score (nSPS) is 11.9. The Morgan fingerprint density at radius 2 is 1.75 bits per heavy atom. The third kappa shape index (κ3) is 5.94. The number of carbonyl (C=O) groups is 2. The van der Waals surface area contributed by atoms with Crippen LogP contribution in [0.4, 0.5) is 10.1 Å². The van der Waals surface area contributed by atoms with E-state index in [1.54, 1.807) is 12.1 Å². The van der Waals surface area contributed by atoms with Crippen LogP contribution in [0.15, 0.2) is 59.8 Å². The SMILES string of the molecule is CCn1c(SCC(=O)Nc2ccc(F)cc2)nnc1C(NC(=O)c1ccccc1)C(C)C. The van der Waals surface area contributed by atoms with Crippen LogP contribution >= 0.6 is 11.8 Å². The van der Waals surface area contributed by atoms with Crippen molar-refractivity contribution in [1.82, 2.24) is 20.1 Å². The van der Waals surface area contributed by atoms with E-state index in [-0.39, 0.29) is 35.3 Å². The van der Waals surface area contributed by atoms with Crippen molar-refractivity contribution in [2.24, 2.45) is 5.92 Å². The molecule has 0 aliphatic rings. The van der Waals surface area contributed by atoms with E-state index in [2.05, 4.69) is 20.8 Å². The Morgan fingerprint density at radius 3 is 2.38 bits per heavy atom. The van der Waals surface area contributed by atoms with Gasteiger partial charge in [-0.1, -0.05) is 43.8 Å². The molecule has 1 heterocycles. The summed E-state index contributed by atoms with van der Waals surface area (Å²) in [6.07, 6.45) is 0. The summed E-state index contributed by atoms with van der Waals surface area (Å²) >= 11 is 1.26. The van der Waals surface area contributed by atoms with Crippen molar-refractivity contribution in [3.63, 3.8) is 0 Å². The summed E-state index contributed by atoms with van der Waals surface area (Å²) in [7, 11) is 0. The van der Waals surface area contributed by atoms with Gasteiger partial charge in [-0.15, -0.1) is 10.2 Å². The van der Waals surface area contributed by atoms with Crippen LogP contribution in [-0.2, 0) is 11.3 Å². The van der Waals surface area contributed by atoms with Gasteiger partial charge < -0.3 is 15.2 Å². The summed E-state index contributed by atoms with van der Waals surface area (Å²) in [5.41, 5.74) is 1.10. The lowest BCUT2D eigenvalue weighted by Crippen LogP contribution is -2.33. The number of rotatable bonds is 9. The molecule has 0 saturated carbocycles. The van der Waals surface area contributed by atoms with E-state index in [1.807, 2.05) is 43.5 Å². The first-order chi connectivity index (χ1) is 15.4. The molecule has 0 fully saturated rings. The zero-order valence-corrected chi connectivity index (χ0v) is 19.0.